The van der Waals surface area contributed by atoms with Crippen LogP contribution in [0.3, 0.4) is 0 Å². The van der Waals surface area contributed by atoms with Crippen LogP contribution in [0.5, 0.6) is 5.75 Å². The number of nitro groups is 1. The number of hydrazone groups is 1. The molecule has 2 aromatic carbocycles. The van der Waals surface area contributed by atoms with Crippen molar-refractivity contribution >= 4 is 55.1 Å². The molecule has 162 valence electrons. The minimum Gasteiger partial charge on any atom is -0.497 e. The topological polar surface area (TPSA) is 97.9 Å². The predicted octanol–water partition coefficient (Wildman–Crippen LogP) is 5.57. The Morgan fingerprint density at radius 2 is 1.97 bits per heavy atom. The van der Waals surface area contributed by atoms with Gasteiger partial charge in [0.25, 0.3) is 5.91 Å². The molecule has 0 spiro atoms. The molecule has 2 heterocycles. The highest BCUT2D eigenvalue weighted by atomic mass is 32.1. The Kier molecular flexibility index (Phi) is 5.97. The zero-order valence-electron chi connectivity index (χ0n) is 17.4. The van der Waals surface area contributed by atoms with Crippen LogP contribution < -0.4 is 9.75 Å². The van der Waals surface area contributed by atoms with Crippen LogP contribution in [0.25, 0.3) is 10.2 Å². The van der Waals surface area contributed by atoms with Crippen molar-refractivity contribution in [2.24, 2.45) is 5.10 Å². The molecule has 0 N–H and O–H groups in total. The standard InChI is InChI=1S/C22H18N4O4S2/c1-13-4-7-17(14(2)10-13)21(27)25(23-12-16-6-9-20(31-16)26(28)29)22-24-18-8-5-15(30-3)11-19(18)32-22/h4-12H,1-3H3/b23-12+. The monoisotopic (exact) mass is 466 g/mol. The number of thiophene rings is 1. The van der Waals surface area contributed by atoms with E-state index in [9.17, 15) is 14.9 Å². The Labute approximate surface area is 191 Å². The molecule has 0 unspecified atom stereocenters. The minimum atomic E-state index is -0.457. The highest BCUT2D eigenvalue weighted by Crippen LogP contribution is 2.33. The van der Waals surface area contributed by atoms with E-state index in [2.05, 4.69) is 10.1 Å². The summed E-state index contributed by atoms with van der Waals surface area (Å²) in [5.41, 5.74) is 3.09. The van der Waals surface area contributed by atoms with Crippen LogP contribution in [0.15, 0.2) is 53.6 Å². The molecule has 1 amide bonds. The highest BCUT2D eigenvalue weighted by molar-refractivity contribution is 7.22. The summed E-state index contributed by atoms with van der Waals surface area (Å²) in [6, 6.07) is 14.0. The lowest BCUT2D eigenvalue weighted by molar-refractivity contribution is -0.380. The number of carbonyl (C=O) groups excluding carboxylic acids is 1. The maximum Gasteiger partial charge on any atom is 0.324 e. The lowest BCUT2D eigenvalue weighted by atomic mass is 10.1. The number of fused-ring (bicyclic) bond motifs is 1. The van der Waals surface area contributed by atoms with Gasteiger partial charge in [-0.05, 0) is 49.7 Å². The van der Waals surface area contributed by atoms with E-state index in [-0.39, 0.29) is 10.9 Å². The number of amides is 1. The lowest BCUT2D eigenvalue weighted by Crippen LogP contribution is -2.26. The van der Waals surface area contributed by atoms with E-state index < -0.39 is 4.92 Å². The molecule has 10 heteroatoms. The van der Waals surface area contributed by atoms with Gasteiger partial charge in [-0.15, -0.1) is 0 Å². The Balaban J connectivity index is 1.77. The van der Waals surface area contributed by atoms with Crippen LogP contribution in [0.1, 0.15) is 26.4 Å². The van der Waals surface area contributed by atoms with E-state index >= 15 is 0 Å². The Morgan fingerprint density at radius 3 is 2.66 bits per heavy atom. The average molecular weight is 467 g/mol. The first-order valence-electron chi connectivity index (χ1n) is 9.50. The Hall–Kier alpha value is -3.63. The van der Waals surface area contributed by atoms with Gasteiger partial charge in [-0.3, -0.25) is 14.9 Å². The normalized spacial score (nSPS) is 11.2. The molecule has 0 aliphatic carbocycles. The van der Waals surface area contributed by atoms with Crippen LogP contribution >= 0.6 is 22.7 Å². The van der Waals surface area contributed by atoms with Gasteiger partial charge in [-0.2, -0.15) is 10.1 Å². The minimum absolute atomic E-state index is 0.00536. The molecule has 0 atom stereocenters. The van der Waals surface area contributed by atoms with Gasteiger partial charge in [0.2, 0.25) is 5.13 Å². The summed E-state index contributed by atoms with van der Waals surface area (Å²) >= 11 is 2.29. The van der Waals surface area contributed by atoms with Crippen molar-refractivity contribution in [1.29, 1.82) is 0 Å². The zero-order chi connectivity index (χ0) is 22.8. The van der Waals surface area contributed by atoms with E-state index in [4.69, 9.17) is 4.74 Å². The lowest BCUT2D eigenvalue weighted by Gasteiger charge is -2.15. The SMILES string of the molecule is COc1ccc2nc(N(/N=C/c3ccc([N+](=O)[O-])s3)C(=O)c3ccc(C)cc3C)sc2c1. The highest BCUT2D eigenvalue weighted by Gasteiger charge is 2.23. The largest absolute Gasteiger partial charge is 0.497 e. The summed E-state index contributed by atoms with van der Waals surface area (Å²) in [7, 11) is 1.59. The predicted molar refractivity (Wildman–Crippen MR) is 127 cm³/mol. The van der Waals surface area contributed by atoms with E-state index in [1.165, 1.54) is 28.6 Å². The molecule has 2 aromatic heterocycles. The molecular weight excluding hydrogens is 448 g/mol. The summed E-state index contributed by atoms with van der Waals surface area (Å²) in [4.78, 5) is 29.1. The summed E-state index contributed by atoms with van der Waals surface area (Å²) in [6.07, 6.45) is 1.44. The molecule has 4 aromatic rings. The quantitative estimate of drug-likeness (QED) is 0.210. The molecule has 0 aliphatic heterocycles. The molecule has 0 radical (unpaired) electrons. The number of hydrogen-bond acceptors (Lipinski definition) is 8. The average Bonchev–Trinajstić information content (AvgIpc) is 3.40. The van der Waals surface area contributed by atoms with Crippen LogP contribution in [-0.2, 0) is 0 Å². The van der Waals surface area contributed by atoms with Gasteiger partial charge in [0.15, 0.2) is 0 Å². The number of thiazole rings is 1. The van der Waals surface area contributed by atoms with Crippen LogP contribution in [-0.4, -0.2) is 29.1 Å². The van der Waals surface area contributed by atoms with E-state index in [1.807, 2.05) is 38.1 Å². The van der Waals surface area contributed by atoms with Crippen LogP contribution in [0, 0.1) is 24.0 Å². The fourth-order valence-corrected chi connectivity index (χ4v) is 4.73. The number of ether oxygens (including phenoxy) is 1. The summed E-state index contributed by atoms with van der Waals surface area (Å²) in [5, 5.41) is 17.0. The zero-order valence-corrected chi connectivity index (χ0v) is 19.1. The van der Waals surface area contributed by atoms with Crippen LogP contribution in [0.4, 0.5) is 10.1 Å². The van der Waals surface area contributed by atoms with E-state index in [0.29, 0.717) is 26.8 Å². The fourth-order valence-electron chi connectivity index (χ4n) is 3.09. The third-order valence-electron chi connectivity index (χ3n) is 4.66. The number of aryl methyl sites for hydroxylation is 2. The van der Waals surface area contributed by atoms with Crippen LogP contribution in [0.2, 0.25) is 0 Å². The molecule has 8 nitrogen and oxygen atoms in total. The van der Waals surface area contributed by atoms with Gasteiger partial charge in [0.1, 0.15) is 5.75 Å². The van der Waals surface area contributed by atoms with Gasteiger partial charge < -0.3 is 4.74 Å². The van der Waals surface area contributed by atoms with Crippen molar-refractivity contribution in [3.63, 3.8) is 0 Å². The van der Waals surface area contributed by atoms with Gasteiger partial charge in [0.05, 0.1) is 33.3 Å². The van der Waals surface area contributed by atoms with E-state index in [1.54, 1.807) is 25.3 Å². The van der Waals surface area contributed by atoms with Crippen molar-refractivity contribution in [2.45, 2.75) is 13.8 Å². The molecule has 0 saturated carbocycles. The second-order valence-electron chi connectivity index (χ2n) is 6.94. The number of carbonyl (C=O) groups is 1. The second kappa shape index (κ2) is 8.85. The third-order valence-corrected chi connectivity index (χ3v) is 6.63. The molecule has 4 rings (SSSR count). The van der Waals surface area contributed by atoms with Gasteiger partial charge >= 0.3 is 5.00 Å². The Morgan fingerprint density at radius 1 is 1.16 bits per heavy atom. The number of hydrogen-bond donors (Lipinski definition) is 0. The number of aromatic nitrogens is 1. The number of nitrogens with zero attached hydrogens (tertiary/aromatic N) is 4. The first-order valence-corrected chi connectivity index (χ1v) is 11.1. The van der Waals surface area contributed by atoms with Crippen molar-refractivity contribution in [3.8, 4) is 5.75 Å². The molecule has 0 aliphatic rings. The second-order valence-corrected chi connectivity index (χ2v) is 9.05. The summed E-state index contributed by atoms with van der Waals surface area (Å²) in [5.74, 6) is 0.352. The number of anilines is 1. The number of benzene rings is 2. The maximum atomic E-state index is 13.5. The summed E-state index contributed by atoms with van der Waals surface area (Å²) in [6.45, 7) is 3.83. The van der Waals surface area contributed by atoms with Gasteiger partial charge in [-0.1, -0.05) is 40.4 Å². The summed E-state index contributed by atoms with van der Waals surface area (Å²) < 4.78 is 6.12. The molecular formula is C22H18N4O4S2. The first kappa shape index (κ1) is 21.6. The number of rotatable bonds is 6. The number of methoxy groups -OCH3 is 1. The fraction of sp³-hybridized carbons (Fsp3) is 0.136. The maximum absolute atomic E-state index is 13.5. The first-order chi connectivity index (χ1) is 15.4. The van der Waals surface area contributed by atoms with E-state index in [0.717, 1.165) is 27.2 Å². The molecule has 0 saturated heterocycles. The van der Waals surface area contributed by atoms with Crippen molar-refractivity contribution in [1.82, 2.24) is 4.98 Å². The third kappa shape index (κ3) is 4.36. The Bertz CT molecular complexity index is 1360. The molecule has 32 heavy (non-hydrogen) atoms. The van der Waals surface area contributed by atoms with Crippen molar-refractivity contribution in [2.75, 3.05) is 12.1 Å². The molecule has 0 fully saturated rings. The van der Waals surface area contributed by atoms with Gasteiger partial charge in [0, 0.05) is 11.6 Å². The van der Waals surface area contributed by atoms with Gasteiger partial charge in [-0.25, -0.2) is 4.98 Å². The van der Waals surface area contributed by atoms with Crippen molar-refractivity contribution in [3.05, 3.63) is 80.2 Å². The smallest absolute Gasteiger partial charge is 0.324 e. The molecule has 0 bridgehead atoms. The van der Waals surface area contributed by atoms with Crippen molar-refractivity contribution < 1.29 is 14.5 Å².